The number of rotatable bonds is 5. The van der Waals surface area contributed by atoms with Crippen LogP contribution in [-0.2, 0) is 0 Å². The van der Waals surface area contributed by atoms with E-state index in [4.69, 9.17) is 4.52 Å². The lowest BCUT2D eigenvalue weighted by Gasteiger charge is -2.13. The third kappa shape index (κ3) is 4.02. The number of anilines is 2. The summed E-state index contributed by atoms with van der Waals surface area (Å²) in [6.07, 6.45) is 2.02. The molecule has 2 amide bonds. The van der Waals surface area contributed by atoms with Gasteiger partial charge in [0.1, 0.15) is 0 Å². The molecule has 3 rings (SSSR count). The topological polar surface area (TPSA) is 70.4 Å². The number of hydrogen-bond acceptors (Lipinski definition) is 6. The minimum Gasteiger partial charge on any atom is -0.377 e. The van der Waals surface area contributed by atoms with Gasteiger partial charge in [-0.2, -0.15) is 0 Å². The number of fused-ring (bicyclic) bond motifs is 1. The van der Waals surface area contributed by atoms with Crippen LogP contribution < -0.4 is 14.9 Å². The predicted octanol–water partition coefficient (Wildman–Crippen LogP) is 4.44. The molecule has 0 unspecified atom stereocenters. The third-order valence-corrected chi connectivity index (χ3v) is 5.00. The molecule has 130 valence electrons. The van der Waals surface area contributed by atoms with Gasteiger partial charge in [-0.15, -0.1) is 11.8 Å². The van der Waals surface area contributed by atoms with Crippen LogP contribution in [0.3, 0.4) is 0 Å². The van der Waals surface area contributed by atoms with Crippen LogP contribution in [0.1, 0.15) is 0 Å². The van der Waals surface area contributed by atoms with Crippen molar-refractivity contribution in [1.29, 1.82) is 0 Å². The van der Waals surface area contributed by atoms with Crippen molar-refractivity contribution in [2.24, 2.45) is 0 Å². The largest absolute Gasteiger partial charge is 0.377 e. The van der Waals surface area contributed by atoms with Gasteiger partial charge in [0.2, 0.25) is 0 Å². The molecular weight excluding hydrogens is 356 g/mol. The van der Waals surface area contributed by atoms with Crippen LogP contribution in [0.5, 0.6) is 0 Å². The predicted molar refractivity (Wildman–Crippen MR) is 105 cm³/mol. The Morgan fingerprint density at radius 1 is 1.16 bits per heavy atom. The first-order chi connectivity index (χ1) is 12.1. The first kappa shape index (κ1) is 17.5. The molecule has 3 aromatic rings. The maximum atomic E-state index is 12.2. The van der Waals surface area contributed by atoms with Crippen molar-refractivity contribution in [3.63, 3.8) is 0 Å². The molecule has 2 aromatic carbocycles. The fourth-order valence-electron chi connectivity index (χ4n) is 2.34. The van der Waals surface area contributed by atoms with Crippen LogP contribution in [-0.4, -0.2) is 31.5 Å². The molecule has 0 bridgehead atoms. The van der Waals surface area contributed by atoms with Gasteiger partial charge < -0.3 is 9.42 Å². The molecule has 0 aliphatic carbocycles. The number of urea groups is 1. The lowest BCUT2D eigenvalue weighted by atomic mass is 10.2. The van der Waals surface area contributed by atoms with Crippen molar-refractivity contribution in [2.45, 2.75) is 9.79 Å². The fraction of sp³-hybridized carbons (Fsp3) is 0.176. The van der Waals surface area contributed by atoms with Crippen LogP contribution in [0.25, 0.3) is 11.0 Å². The van der Waals surface area contributed by atoms with E-state index in [1.165, 1.54) is 11.9 Å². The summed E-state index contributed by atoms with van der Waals surface area (Å²) in [4.78, 5) is 16.3. The lowest BCUT2D eigenvalue weighted by molar-refractivity contribution is 0.257. The van der Waals surface area contributed by atoms with Gasteiger partial charge in [-0.05, 0) is 48.5 Å². The molecule has 1 heterocycles. The molecule has 0 aliphatic heterocycles. The average molecular weight is 374 g/mol. The van der Waals surface area contributed by atoms with Gasteiger partial charge in [-0.25, -0.2) is 4.79 Å². The zero-order chi connectivity index (χ0) is 17.8. The van der Waals surface area contributed by atoms with Gasteiger partial charge in [0.05, 0.1) is 11.1 Å². The highest BCUT2D eigenvalue weighted by molar-refractivity contribution is 7.99. The Bertz CT molecular complexity index is 895. The van der Waals surface area contributed by atoms with Crippen molar-refractivity contribution < 1.29 is 9.32 Å². The Labute approximate surface area is 154 Å². The molecule has 2 N–H and O–H groups in total. The summed E-state index contributed by atoms with van der Waals surface area (Å²) < 4.78 is 8.07. The summed E-state index contributed by atoms with van der Waals surface area (Å²) >= 11 is 2.91. The number of aromatic nitrogens is 1. The van der Waals surface area contributed by atoms with Gasteiger partial charge in [0.15, 0.2) is 11.4 Å². The van der Waals surface area contributed by atoms with Gasteiger partial charge in [-0.1, -0.05) is 17.3 Å². The third-order valence-electron chi connectivity index (χ3n) is 3.49. The van der Waals surface area contributed by atoms with Crippen LogP contribution in [0, 0.1) is 0 Å². The van der Waals surface area contributed by atoms with E-state index in [1.54, 1.807) is 11.8 Å². The highest BCUT2D eigenvalue weighted by Gasteiger charge is 2.16. The molecule has 0 saturated carbocycles. The van der Waals surface area contributed by atoms with Gasteiger partial charge in [0.25, 0.3) is 0 Å². The molecule has 8 heteroatoms. The highest BCUT2D eigenvalue weighted by Crippen LogP contribution is 2.32. The molecule has 0 saturated heterocycles. The van der Waals surface area contributed by atoms with Crippen LogP contribution in [0.2, 0.25) is 0 Å². The normalized spacial score (nSPS) is 10.7. The number of nitrogens with one attached hydrogen (secondary N) is 2. The van der Waals surface area contributed by atoms with E-state index in [9.17, 15) is 4.79 Å². The number of amides is 2. The summed E-state index contributed by atoms with van der Waals surface area (Å²) in [7, 11) is 3.86. The smallest absolute Gasteiger partial charge is 0.330 e. The number of carbonyl (C=O) groups excluding carboxylic acids is 1. The van der Waals surface area contributed by atoms with Gasteiger partial charge in [-0.3, -0.25) is 10.0 Å². The zero-order valence-electron chi connectivity index (χ0n) is 14.1. The maximum Gasteiger partial charge on any atom is 0.330 e. The molecule has 25 heavy (non-hydrogen) atoms. The summed E-state index contributed by atoms with van der Waals surface area (Å²) in [5.74, 6) is 0.398. The highest BCUT2D eigenvalue weighted by atomic mass is 32.2. The van der Waals surface area contributed by atoms with Crippen molar-refractivity contribution in [3.05, 3.63) is 42.5 Å². The minimum absolute atomic E-state index is 0.358. The maximum absolute atomic E-state index is 12.2. The van der Waals surface area contributed by atoms with Crippen molar-refractivity contribution >= 4 is 52.2 Å². The van der Waals surface area contributed by atoms with E-state index in [2.05, 4.69) is 15.2 Å². The van der Waals surface area contributed by atoms with Crippen LogP contribution >= 0.6 is 23.7 Å². The monoisotopic (exact) mass is 374 g/mol. The molecule has 0 aliphatic rings. The zero-order valence-corrected chi connectivity index (χ0v) is 15.7. The van der Waals surface area contributed by atoms with E-state index >= 15 is 0 Å². The Morgan fingerprint density at radius 3 is 2.68 bits per heavy atom. The Kier molecular flexibility index (Phi) is 5.40. The number of thioether (sulfide) groups is 1. The molecule has 6 nitrogen and oxygen atoms in total. The molecule has 0 fully saturated rings. The molecule has 0 radical (unpaired) electrons. The molecule has 1 aromatic heterocycles. The summed E-state index contributed by atoms with van der Waals surface area (Å²) in [6.45, 7) is 0. The summed E-state index contributed by atoms with van der Waals surface area (Å²) in [6, 6.07) is 13.3. The average Bonchev–Trinajstić information content (AvgIpc) is 3.03. The van der Waals surface area contributed by atoms with E-state index in [-0.39, 0.29) is 6.03 Å². The van der Waals surface area contributed by atoms with Crippen molar-refractivity contribution in [1.82, 2.24) is 9.88 Å². The minimum atomic E-state index is -0.358. The molecule has 0 spiro atoms. The molecule has 0 atom stereocenters. The quantitative estimate of drug-likeness (QED) is 0.508. The van der Waals surface area contributed by atoms with E-state index in [0.717, 1.165) is 20.9 Å². The second-order valence-corrected chi connectivity index (χ2v) is 7.17. The van der Waals surface area contributed by atoms with Gasteiger partial charge in [0, 0.05) is 23.9 Å². The Hall–Kier alpha value is -2.32. The lowest BCUT2D eigenvalue weighted by Crippen LogP contribution is -2.23. The number of nitrogens with zero attached hydrogens (tertiary/aromatic N) is 2. The number of carbonyl (C=O) groups is 1. The van der Waals surface area contributed by atoms with Crippen molar-refractivity contribution in [2.75, 3.05) is 30.6 Å². The second-order valence-electron chi connectivity index (χ2n) is 5.41. The first-order valence-corrected chi connectivity index (χ1v) is 9.56. The van der Waals surface area contributed by atoms with E-state index in [1.807, 2.05) is 67.7 Å². The van der Waals surface area contributed by atoms with E-state index in [0.29, 0.717) is 11.4 Å². The fourth-order valence-corrected chi connectivity index (χ4v) is 3.46. The summed E-state index contributed by atoms with van der Waals surface area (Å²) in [5.41, 5.74) is 1.55. The molecular formula is C17H18N4O2S2. The Balaban J connectivity index is 1.72. The number of benzene rings is 2. The SMILES string of the molecule is CSc1cccc(SNC(=O)Nc2noc3cccc(N(C)C)c23)c1. The number of hydrogen-bond donors (Lipinski definition) is 2. The first-order valence-electron chi connectivity index (χ1n) is 7.52. The van der Waals surface area contributed by atoms with Crippen molar-refractivity contribution in [3.8, 4) is 0 Å². The van der Waals surface area contributed by atoms with Crippen LogP contribution in [0.15, 0.2) is 56.8 Å². The second kappa shape index (κ2) is 7.71. The van der Waals surface area contributed by atoms with Gasteiger partial charge >= 0.3 is 6.03 Å². The van der Waals surface area contributed by atoms with E-state index < -0.39 is 0 Å². The summed E-state index contributed by atoms with van der Waals surface area (Å²) in [5, 5.41) is 7.50. The van der Waals surface area contributed by atoms with Crippen LogP contribution in [0.4, 0.5) is 16.3 Å². The Morgan fingerprint density at radius 2 is 1.92 bits per heavy atom. The standard InChI is InChI=1S/C17H18N4O2S2/c1-21(2)13-8-5-9-14-15(13)16(19-23-14)18-17(22)20-25-12-7-4-6-11(10-12)24-3/h4-10H,1-3H3,(H2,18,19,20,22).